The number of hydrogen-bond acceptors (Lipinski definition) is 12. The van der Waals surface area contributed by atoms with Gasteiger partial charge in [0.05, 0.1) is 0 Å². The average molecular weight is 504 g/mol. The van der Waals surface area contributed by atoms with Gasteiger partial charge in [-0.05, 0) is 47.5 Å². The second-order valence-electron chi connectivity index (χ2n) is 7.74. The molecule has 0 saturated carbocycles. The highest BCUT2D eigenvalue weighted by molar-refractivity contribution is 5.87. The highest BCUT2D eigenvalue weighted by Crippen LogP contribution is 2.27. The molecule has 1 saturated heterocycles. The van der Waals surface area contributed by atoms with Gasteiger partial charge in [-0.25, -0.2) is 9.59 Å². The third-order valence-corrected chi connectivity index (χ3v) is 5.13. The van der Waals surface area contributed by atoms with Crippen LogP contribution >= 0.6 is 0 Å². The number of phenolic OH excluding ortho intramolecular Hbond substituents is 4. The molecule has 1 heterocycles. The Labute approximate surface area is 204 Å². The fourth-order valence-corrected chi connectivity index (χ4v) is 3.19. The standard InChI is InChI=1S/C24H24O12/c25-14-5-1-12(9-16(14)27)3-7-19(29)34-11-18-21(31)22(32)23(24(33)35-18)36-20(30)8-4-13-2-6-15(26)17(28)10-13/h1-10,18,21-28,31-33H,11H2/b7-3+,8-4+/t18-,21-,22+,23-,24+/m1/s1. The zero-order valence-electron chi connectivity index (χ0n) is 18.5. The molecule has 0 aromatic heterocycles. The molecule has 0 aliphatic carbocycles. The van der Waals surface area contributed by atoms with Crippen LogP contribution in [0.4, 0.5) is 0 Å². The van der Waals surface area contributed by atoms with E-state index in [9.17, 15) is 45.3 Å². The zero-order chi connectivity index (χ0) is 26.4. The number of phenols is 4. The van der Waals surface area contributed by atoms with E-state index in [0.29, 0.717) is 11.1 Å². The van der Waals surface area contributed by atoms with Crippen LogP contribution in [-0.2, 0) is 23.8 Å². The lowest BCUT2D eigenvalue weighted by Gasteiger charge is -2.39. The number of esters is 2. The second kappa shape index (κ2) is 11.6. The van der Waals surface area contributed by atoms with Crippen molar-refractivity contribution < 1.29 is 59.5 Å². The van der Waals surface area contributed by atoms with Gasteiger partial charge in [0.25, 0.3) is 0 Å². The van der Waals surface area contributed by atoms with Crippen LogP contribution in [0.3, 0.4) is 0 Å². The normalized spacial score (nSPS) is 24.1. The van der Waals surface area contributed by atoms with E-state index in [-0.39, 0.29) is 17.2 Å². The molecule has 0 radical (unpaired) electrons. The molecule has 1 fully saturated rings. The zero-order valence-corrected chi connectivity index (χ0v) is 18.5. The quantitative estimate of drug-likeness (QED) is 0.153. The van der Waals surface area contributed by atoms with Crippen LogP contribution < -0.4 is 0 Å². The van der Waals surface area contributed by atoms with E-state index in [1.165, 1.54) is 48.6 Å². The fourth-order valence-electron chi connectivity index (χ4n) is 3.19. The molecular formula is C24H24O12. The highest BCUT2D eigenvalue weighted by Gasteiger charge is 2.46. The summed E-state index contributed by atoms with van der Waals surface area (Å²) in [6.07, 6.45) is -3.81. The molecule has 2 aromatic rings. The molecule has 12 heteroatoms. The monoisotopic (exact) mass is 504 g/mol. The first-order valence-corrected chi connectivity index (χ1v) is 10.5. The van der Waals surface area contributed by atoms with E-state index in [2.05, 4.69) is 0 Å². The molecule has 1 aliphatic heterocycles. The van der Waals surface area contributed by atoms with E-state index >= 15 is 0 Å². The van der Waals surface area contributed by atoms with Gasteiger partial charge in [-0.2, -0.15) is 0 Å². The Bertz CT molecular complexity index is 1160. The summed E-state index contributed by atoms with van der Waals surface area (Å²) >= 11 is 0. The molecule has 3 rings (SSSR count). The number of carbonyl (C=O) groups excluding carboxylic acids is 2. The average Bonchev–Trinajstić information content (AvgIpc) is 2.84. The van der Waals surface area contributed by atoms with Crippen molar-refractivity contribution in [1.29, 1.82) is 0 Å². The van der Waals surface area contributed by atoms with E-state index in [1.54, 1.807) is 0 Å². The number of aliphatic hydroxyl groups excluding tert-OH is 3. The molecule has 36 heavy (non-hydrogen) atoms. The summed E-state index contributed by atoms with van der Waals surface area (Å²) < 4.78 is 15.0. The lowest BCUT2D eigenvalue weighted by atomic mass is 9.99. The minimum atomic E-state index is -1.85. The molecule has 5 atom stereocenters. The maximum atomic E-state index is 12.1. The molecule has 0 amide bonds. The van der Waals surface area contributed by atoms with Crippen molar-refractivity contribution in [3.05, 3.63) is 59.7 Å². The molecule has 1 aliphatic rings. The summed E-state index contributed by atoms with van der Waals surface area (Å²) in [6.45, 7) is -0.551. The Kier molecular flexibility index (Phi) is 8.51. The minimum absolute atomic E-state index is 0.326. The molecule has 192 valence electrons. The van der Waals surface area contributed by atoms with Gasteiger partial charge in [0, 0.05) is 12.2 Å². The van der Waals surface area contributed by atoms with Crippen molar-refractivity contribution in [1.82, 2.24) is 0 Å². The Balaban J connectivity index is 1.52. The molecule has 7 N–H and O–H groups in total. The van der Waals surface area contributed by atoms with Gasteiger partial charge in [0.1, 0.15) is 24.9 Å². The lowest BCUT2D eigenvalue weighted by molar-refractivity contribution is -0.290. The van der Waals surface area contributed by atoms with Crippen molar-refractivity contribution in [2.45, 2.75) is 30.7 Å². The Hall–Kier alpha value is -4.10. The highest BCUT2D eigenvalue weighted by atomic mass is 16.7. The molecule has 0 bridgehead atoms. The smallest absolute Gasteiger partial charge is 0.331 e. The minimum Gasteiger partial charge on any atom is -0.504 e. The summed E-state index contributed by atoms with van der Waals surface area (Å²) in [5.74, 6) is -3.31. The molecular weight excluding hydrogens is 480 g/mol. The topological polar surface area (TPSA) is 203 Å². The number of hydrogen-bond donors (Lipinski definition) is 7. The van der Waals surface area contributed by atoms with Crippen LogP contribution in [0, 0.1) is 0 Å². The van der Waals surface area contributed by atoms with Gasteiger partial charge < -0.3 is 50.0 Å². The van der Waals surface area contributed by atoms with E-state index in [4.69, 9.17) is 14.2 Å². The summed E-state index contributed by atoms with van der Waals surface area (Å²) in [5, 5.41) is 68.2. The van der Waals surface area contributed by atoms with Gasteiger partial charge >= 0.3 is 11.9 Å². The van der Waals surface area contributed by atoms with Crippen molar-refractivity contribution in [3.63, 3.8) is 0 Å². The predicted molar refractivity (Wildman–Crippen MR) is 121 cm³/mol. The Morgan fingerprint density at radius 3 is 1.83 bits per heavy atom. The molecule has 2 aromatic carbocycles. The van der Waals surface area contributed by atoms with Crippen LogP contribution in [0.5, 0.6) is 23.0 Å². The number of aliphatic hydroxyl groups is 3. The van der Waals surface area contributed by atoms with Gasteiger partial charge in [0.2, 0.25) is 0 Å². The maximum Gasteiger partial charge on any atom is 0.331 e. The Morgan fingerprint density at radius 1 is 0.778 bits per heavy atom. The van der Waals surface area contributed by atoms with Gasteiger partial charge in [0.15, 0.2) is 35.4 Å². The van der Waals surface area contributed by atoms with E-state index in [1.807, 2.05) is 0 Å². The Morgan fingerprint density at radius 2 is 1.31 bits per heavy atom. The van der Waals surface area contributed by atoms with Crippen LogP contribution in [0.1, 0.15) is 11.1 Å². The number of ether oxygens (including phenoxy) is 3. The first kappa shape index (κ1) is 26.5. The van der Waals surface area contributed by atoms with E-state index in [0.717, 1.165) is 12.2 Å². The number of aromatic hydroxyl groups is 4. The maximum absolute atomic E-state index is 12.1. The van der Waals surface area contributed by atoms with E-state index < -0.39 is 55.0 Å². The van der Waals surface area contributed by atoms with Crippen LogP contribution in [-0.4, -0.2) is 85.0 Å². The second-order valence-corrected chi connectivity index (χ2v) is 7.74. The first-order valence-electron chi connectivity index (χ1n) is 10.5. The summed E-state index contributed by atoms with van der Waals surface area (Å²) in [7, 11) is 0. The largest absolute Gasteiger partial charge is 0.504 e. The molecule has 0 unspecified atom stereocenters. The third kappa shape index (κ3) is 6.73. The third-order valence-electron chi connectivity index (χ3n) is 5.13. The van der Waals surface area contributed by atoms with Gasteiger partial charge in [-0.3, -0.25) is 0 Å². The van der Waals surface area contributed by atoms with Crippen LogP contribution in [0.25, 0.3) is 12.2 Å². The summed E-state index contributed by atoms with van der Waals surface area (Å²) in [4.78, 5) is 24.0. The number of carbonyl (C=O) groups is 2. The van der Waals surface area contributed by atoms with Crippen molar-refractivity contribution in [2.75, 3.05) is 6.61 Å². The number of rotatable bonds is 7. The molecule has 12 nitrogen and oxygen atoms in total. The first-order chi connectivity index (χ1) is 17.0. The fraction of sp³-hybridized carbons (Fsp3) is 0.250. The number of benzene rings is 2. The SMILES string of the molecule is O=C(/C=C/c1ccc(O)c(O)c1)OC[C@H]1O[C@H](O)[C@H](OC(=O)/C=C/c2ccc(O)c(O)c2)[C@@H](O)[C@@H]1O. The van der Waals surface area contributed by atoms with Crippen LogP contribution in [0.2, 0.25) is 0 Å². The van der Waals surface area contributed by atoms with Crippen LogP contribution in [0.15, 0.2) is 48.6 Å². The van der Waals surface area contributed by atoms with Gasteiger partial charge in [-0.1, -0.05) is 12.1 Å². The summed E-state index contributed by atoms with van der Waals surface area (Å²) in [5.41, 5.74) is 0.740. The van der Waals surface area contributed by atoms with Crippen molar-refractivity contribution in [3.8, 4) is 23.0 Å². The summed E-state index contributed by atoms with van der Waals surface area (Å²) in [6, 6.07) is 7.68. The van der Waals surface area contributed by atoms with Crippen molar-refractivity contribution >= 4 is 24.1 Å². The lowest BCUT2D eigenvalue weighted by Crippen LogP contribution is -2.59. The molecule has 0 spiro atoms. The predicted octanol–water partition coefficient (Wildman–Crippen LogP) is 0.130. The van der Waals surface area contributed by atoms with Gasteiger partial charge in [-0.15, -0.1) is 0 Å². The van der Waals surface area contributed by atoms with Crippen molar-refractivity contribution in [2.24, 2.45) is 0 Å².